The lowest BCUT2D eigenvalue weighted by Gasteiger charge is -2.14. The highest BCUT2D eigenvalue weighted by atomic mass is 79.9. The van der Waals surface area contributed by atoms with Crippen molar-refractivity contribution in [3.8, 4) is 5.75 Å². The number of aromatic nitrogens is 2. The molecule has 0 aliphatic rings. The van der Waals surface area contributed by atoms with E-state index in [2.05, 4.69) is 52.9 Å². The number of non-ortho nitro benzene ring substituents is 1. The minimum atomic E-state index is -0.440. The van der Waals surface area contributed by atoms with Gasteiger partial charge in [0.05, 0.1) is 31.0 Å². The summed E-state index contributed by atoms with van der Waals surface area (Å²) in [6.07, 6.45) is 2.41. The Balaban J connectivity index is 1.62. The number of benzene rings is 3. The summed E-state index contributed by atoms with van der Waals surface area (Å²) < 4.78 is 9.46. The molecule has 0 aliphatic carbocycles. The van der Waals surface area contributed by atoms with E-state index >= 15 is 0 Å². The van der Waals surface area contributed by atoms with Crippen LogP contribution >= 0.6 is 47.8 Å². The van der Waals surface area contributed by atoms with Crippen LogP contribution in [0.3, 0.4) is 0 Å². The molecule has 1 heterocycles. The van der Waals surface area contributed by atoms with E-state index in [9.17, 15) is 14.9 Å². The minimum absolute atomic E-state index is 0.0274. The first-order valence-electron chi connectivity index (χ1n) is 11.3. The maximum atomic E-state index is 13.3. The molecule has 0 saturated carbocycles. The van der Waals surface area contributed by atoms with Crippen LogP contribution < -0.4 is 10.3 Å². The molecule has 37 heavy (non-hydrogen) atoms. The second kappa shape index (κ2) is 11.7. The van der Waals surface area contributed by atoms with Crippen LogP contribution in [0.15, 0.2) is 77.9 Å². The van der Waals surface area contributed by atoms with Crippen LogP contribution in [-0.2, 0) is 6.61 Å². The Kier molecular flexibility index (Phi) is 8.56. The fourth-order valence-electron chi connectivity index (χ4n) is 3.56. The molecule has 0 bridgehead atoms. The van der Waals surface area contributed by atoms with E-state index in [1.165, 1.54) is 16.8 Å². The van der Waals surface area contributed by atoms with Crippen LogP contribution in [0.5, 0.6) is 5.75 Å². The standard InChI is InChI=1S/C26H21Br3N4O4/c1-3-15(2)25-31-23-9-6-18(27)12-20(23)26(34)32(25)30-13-17-10-21(28)24(22(29)11-17)37-14-16-4-7-19(8-5-16)33(35)36/h4-13,15H,3,14H2,1-2H3/t15-/m1/s1. The number of nitro groups is 1. The Morgan fingerprint density at radius 1 is 1.11 bits per heavy atom. The van der Waals surface area contributed by atoms with Crippen LogP contribution in [0.1, 0.15) is 43.1 Å². The van der Waals surface area contributed by atoms with Crippen molar-refractivity contribution >= 4 is 70.6 Å². The molecule has 190 valence electrons. The van der Waals surface area contributed by atoms with Crippen LogP contribution in [0.25, 0.3) is 10.9 Å². The second-order valence-electron chi connectivity index (χ2n) is 8.33. The van der Waals surface area contributed by atoms with Gasteiger partial charge in [-0.3, -0.25) is 14.9 Å². The number of fused-ring (bicyclic) bond motifs is 1. The van der Waals surface area contributed by atoms with E-state index in [1.807, 2.05) is 38.1 Å². The summed E-state index contributed by atoms with van der Waals surface area (Å²) in [5.41, 5.74) is 1.95. The largest absolute Gasteiger partial charge is 0.487 e. The summed E-state index contributed by atoms with van der Waals surface area (Å²) in [7, 11) is 0. The molecule has 0 aliphatic heterocycles. The third-order valence-electron chi connectivity index (χ3n) is 5.76. The van der Waals surface area contributed by atoms with Gasteiger partial charge in [-0.05, 0) is 91.9 Å². The van der Waals surface area contributed by atoms with Crippen molar-refractivity contribution < 1.29 is 9.66 Å². The van der Waals surface area contributed by atoms with E-state index in [0.29, 0.717) is 31.4 Å². The Bertz CT molecular complexity index is 1550. The van der Waals surface area contributed by atoms with Crippen molar-refractivity contribution in [1.29, 1.82) is 0 Å². The number of halogens is 3. The first-order chi connectivity index (χ1) is 17.7. The van der Waals surface area contributed by atoms with Gasteiger partial charge in [0.15, 0.2) is 0 Å². The van der Waals surface area contributed by atoms with Gasteiger partial charge in [0.2, 0.25) is 0 Å². The SMILES string of the molecule is CC[C@@H](C)c1nc2ccc(Br)cc2c(=O)n1N=Cc1cc(Br)c(OCc2ccc([N+](=O)[O-])cc2)c(Br)c1. The van der Waals surface area contributed by atoms with Gasteiger partial charge in [-0.2, -0.15) is 9.78 Å². The quantitative estimate of drug-likeness (QED) is 0.108. The molecule has 0 fully saturated rings. The van der Waals surface area contributed by atoms with Gasteiger partial charge >= 0.3 is 0 Å². The normalized spacial score (nSPS) is 12.2. The maximum absolute atomic E-state index is 13.3. The van der Waals surface area contributed by atoms with Crippen molar-refractivity contribution in [1.82, 2.24) is 9.66 Å². The van der Waals surface area contributed by atoms with Gasteiger partial charge < -0.3 is 4.74 Å². The topological polar surface area (TPSA) is 99.6 Å². The summed E-state index contributed by atoms with van der Waals surface area (Å²) >= 11 is 10.5. The molecule has 4 rings (SSSR count). The van der Waals surface area contributed by atoms with Gasteiger partial charge in [0, 0.05) is 22.5 Å². The third kappa shape index (κ3) is 6.16. The molecule has 8 nitrogen and oxygen atoms in total. The lowest BCUT2D eigenvalue weighted by Crippen LogP contribution is -2.23. The van der Waals surface area contributed by atoms with Crippen molar-refractivity contribution in [2.75, 3.05) is 0 Å². The molecule has 4 aromatic rings. The van der Waals surface area contributed by atoms with Gasteiger partial charge in [-0.15, -0.1) is 0 Å². The average Bonchev–Trinajstić information content (AvgIpc) is 2.87. The molecule has 0 amide bonds. The summed E-state index contributed by atoms with van der Waals surface area (Å²) in [6.45, 7) is 4.29. The van der Waals surface area contributed by atoms with Crippen molar-refractivity contribution in [3.63, 3.8) is 0 Å². The third-order valence-corrected chi connectivity index (χ3v) is 7.43. The van der Waals surface area contributed by atoms with Gasteiger partial charge in [-0.1, -0.05) is 29.8 Å². The fraction of sp³-hybridized carbons (Fsp3) is 0.192. The van der Waals surface area contributed by atoms with Crippen LogP contribution in [0.4, 0.5) is 5.69 Å². The average molecular weight is 693 g/mol. The van der Waals surface area contributed by atoms with Crippen LogP contribution in [0, 0.1) is 10.1 Å². The molecule has 0 N–H and O–H groups in total. The molecule has 11 heteroatoms. The summed E-state index contributed by atoms with van der Waals surface area (Å²) in [5, 5.41) is 15.8. The van der Waals surface area contributed by atoms with Gasteiger partial charge in [0.1, 0.15) is 18.2 Å². The second-order valence-corrected chi connectivity index (χ2v) is 11.0. The predicted molar refractivity (Wildman–Crippen MR) is 155 cm³/mol. The van der Waals surface area contributed by atoms with E-state index < -0.39 is 4.92 Å². The fourth-order valence-corrected chi connectivity index (χ4v) is 5.38. The highest BCUT2D eigenvalue weighted by molar-refractivity contribution is 9.11. The molecule has 3 aromatic carbocycles. The van der Waals surface area contributed by atoms with Crippen molar-refractivity contribution in [3.05, 3.63) is 105 Å². The Hall–Kier alpha value is -2.89. The molecule has 0 radical (unpaired) electrons. The number of rotatable bonds is 8. The molecular weight excluding hydrogens is 672 g/mol. The number of nitro benzene ring substituents is 1. The summed E-state index contributed by atoms with van der Waals surface area (Å²) in [5.74, 6) is 1.21. The minimum Gasteiger partial charge on any atom is -0.487 e. The van der Waals surface area contributed by atoms with Crippen LogP contribution in [-0.4, -0.2) is 20.8 Å². The molecule has 1 aromatic heterocycles. The van der Waals surface area contributed by atoms with Crippen molar-refractivity contribution in [2.24, 2.45) is 5.10 Å². The van der Waals surface area contributed by atoms with E-state index in [0.717, 1.165) is 22.0 Å². The Morgan fingerprint density at radius 2 is 1.78 bits per heavy atom. The predicted octanol–water partition coefficient (Wildman–Crippen LogP) is 7.57. The highest BCUT2D eigenvalue weighted by Gasteiger charge is 2.16. The molecule has 1 atom stereocenters. The molecular formula is C26H21Br3N4O4. The molecule has 0 spiro atoms. The van der Waals surface area contributed by atoms with Crippen molar-refractivity contribution in [2.45, 2.75) is 32.8 Å². The van der Waals surface area contributed by atoms with E-state index in [4.69, 9.17) is 9.72 Å². The smallest absolute Gasteiger partial charge is 0.282 e. The zero-order valence-electron chi connectivity index (χ0n) is 19.8. The van der Waals surface area contributed by atoms with E-state index in [-0.39, 0.29) is 23.8 Å². The zero-order chi connectivity index (χ0) is 26.7. The van der Waals surface area contributed by atoms with E-state index in [1.54, 1.807) is 24.4 Å². The monoisotopic (exact) mass is 690 g/mol. The Labute approximate surface area is 237 Å². The first kappa shape index (κ1) is 27.2. The first-order valence-corrected chi connectivity index (χ1v) is 13.7. The number of nitrogens with zero attached hydrogens (tertiary/aromatic N) is 4. The van der Waals surface area contributed by atoms with Crippen LogP contribution in [0.2, 0.25) is 0 Å². The van der Waals surface area contributed by atoms with Gasteiger partial charge in [-0.25, -0.2) is 4.98 Å². The summed E-state index contributed by atoms with van der Waals surface area (Å²) in [4.78, 5) is 28.5. The lowest BCUT2D eigenvalue weighted by molar-refractivity contribution is -0.384. The molecule has 0 unspecified atom stereocenters. The highest BCUT2D eigenvalue weighted by Crippen LogP contribution is 2.35. The van der Waals surface area contributed by atoms with Gasteiger partial charge in [0.25, 0.3) is 11.2 Å². The number of hydrogen-bond donors (Lipinski definition) is 0. The molecule has 0 saturated heterocycles. The summed E-state index contributed by atoms with van der Waals surface area (Å²) in [6, 6.07) is 15.3. The maximum Gasteiger partial charge on any atom is 0.282 e. The lowest BCUT2D eigenvalue weighted by atomic mass is 10.1. The number of ether oxygens (including phenoxy) is 1. The zero-order valence-corrected chi connectivity index (χ0v) is 24.6. The number of hydrogen-bond acceptors (Lipinski definition) is 6. The Morgan fingerprint density at radius 3 is 2.41 bits per heavy atom.